The van der Waals surface area contributed by atoms with E-state index < -0.39 is 0 Å². The maximum atomic E-state index is 13.6. The fourth-order valence-corrected chi connectivity index (χ4v) is 2.49. The predicted octanol–water partition coefficient (Wildman–Crippen LogP) is 2.24. The summed E-state index contributed by atoms with van der Waals surface area (Å²) in [4.78, 5) is 8.40. The highest BCUT2D eigenvalue weighted by atomic mass is 19.1. The summed E-state index contributed by atoms with van der Waals surface area (Å²) in [6.45, 7) is 2.01. The Morgan fingerprint density at radius 2 is 2.00 bits per heavy atom. The molecule has 1 saturated heterocycles. The molecule has 3 nitrogen and oxygen atoms in total. The van der Waals surface area contributed by atoms with Crippen LogP contribution in [0.15, 0.2) is 24.5 Å². The number of fused-ring (bicyclic) bond motifs is 1. The first-order valence-electron chi connectivity index (χ1n) is 5.96. The summed E-state index contributed by atoms with van der Waals surface area (Å²) in [7, 11) is 0. The van der Waals surface area contributed by atoms with Gasteiger partial charge >= 0.3 is 0 Å². The highest BCUT2D eigenvalue weighted by Crippen LogP contribution is 2.29. The second kappa shape index (κ2) is 4.37. The number of aromatic nitrogens is 2. The first-order valence-corrected chi connectivity index (χ1v) is 5.96. The minimum Gasteiger partial charge on any atom is -0.317 e. The van der Waals surface area contributed by atoms with Gasteiger partial charge in [-0.15, -0.1) is 0 Å². The molecular weight excluding hydrogens is 217 g/mol. The maximum absolute atomic E-state index is 13.6. The molecule has 3 rings (SSSR count). The maximum Gasteiger partial charge on any atom is 0.149 e. The van der Waals surface area contributed by atoms with Crippen LogP contribution in [0.1, 0.15) is 24.5 Å². The minimum atomic E-state index is -0.264. The van der Waals surface area contributed by atoms with Gasteiger partial charge in [-0.25, -0.2) is 14.4 Å². The number of halogens is 1. The van der Waals surface area contributed by atoms with Gasteiger partial charge in [0, 0.05) is 11.3 Å². The van der Waals surface area contributed by atoms with Gasteiger partial charge < -0.3 is 5.32 Å². The molecule has 4 heteroatoms. The van der Waals surface area contributed by atoms with Crippen molar-refractivity contribution in [3.05, 3.63) is 36.0 Å². The molecule has 1 fully saturated rings. The molecule has 1 N–H and O–H groups in total. The van der Waals surface area contributed by atoms with E-state index in [1.54, 1.807) is 6.07 Å². The third-order valence-corrected chi connectivity index (χ3v) is 3.37. The van der Waals surface area contributed by atoms with Crippen LogP contribution < -0.4 is 5.32 Å². The molecule has 0 saturated carbocycles. The van der Waals surface area contributed by atoms with E-state index in [1.165, 1.54) is 12.4 Å². The average Bonchev–Trinajstić information content (AvgIpc) is 2.40. The molecule has 1 aliphatic heterocycles. The van der Waals surface area contributed by atoms with Crippen molar-refractivity contribution in [2.45, 2.75) is 18.8 Å². The molecule has 2 aromatic rings. The molecule has 1 aromatic carbocycles. The number of para-hydroxylation sites is 1. The van der Waals surface area contributed by atoms with Gasteiger partial charge in [0.2, 0.25) is 0 Å². The Kier molecular flexibility index (Phi) is 2.73. The molecule has 0 spiro atoms. The zero-order valence-electron chi connectivity index (χ0n) is 9.49. The second-order valence-electron chi connectivity index (χ2n) is 4.42. The Bertz CT molecular complexity index is 535. The Balaban J connectivity index is 2.12. The van der Waals surface area contributed by atoms with Crippen molar-refractivity contribution < 1.29 is 4.39 Å². The fourth-order valence-electron chi connectivity index (χ4n) is 2.49. The van der Waals surface area contributed by atoms with Crippen molar-refractivity contribution in [1.82, 2.24) is 15.3 Å². The van der Waals surface area contributed by atoms with Crippen LogP contribution in [0.5, 0.6) is 0 Å². The summed E-state index contributed by atoms with van der Waals surface area (Å²) in [6, 6.07) is 5.09. The number of nitrogens with one attached hydrogen (secondary N) is 1. The minimum absolute atomic E-state index is 0.264. The standard InChI is InChI=1S/C13H14FN3/c14-11-3-1-2-10-12(16-8-17-13(10)11)9-4-6-15-7-5-9/h1-3,8-9,15H,4-7H2. The summed E-state index contributed by atoms with van der Waals surface area (Å²) in [5.41, 5.74) is 1.44. The lowest BCUT2D eigenvalue weighted by atomic mass is 9.92. The van der Waals surface area contributed by atoms with E-state index in [2.05, 4.69) is 15.3 Å². The van der Waals surface area contributed by atoms with Gasteiger partial charge in [0.25, 0.3) is 0 Å². The Hall–Kier alpha value is -1.55. The Morgan fingerprint density at radius 3 is 2.82 bits per heavy atom. The summed E-state index contributed by atoms with van der Waals surface area (Å²) in [5, 5.41) is 4.19. The van der Waals surface area contributed by atoms with Crippen LogP contribution >= 0.6 is 0 Å². The summed E-state index contributed by atoms with van der Waals surface area (Å²) in [6.07, 6.45) is 3.59. The molecule has 0 unspecified atom stereocenters. The van der Waals surface area contributed by atoms with Crippen molar-refractivity contribution in [2.24, 2.45) is 0 Å². The topological polar surface area (TPSA) is 37.8 Å². The summed E-state index contributed by atoms with van der Waals surface area (Å²) < 4.78 is 13.6. The average molecular weight is 231 g/mol. The Morgan fingerprint density at radius 1 is 1.18 bits per heavy atom. The number of hydrogen-bond donors (Lipinski definition) is 1. The lowest BCUT2D eigenvalue weighted by molar-refractivity contribution is 0.455. The third-order valence-electron chi connectivity index (χ3n) is 3.37. The van der Waals surface area contributed by atoms with Crippen LogP contribution in [-0.2, 0) is 0 Å². The van der Waals surface area contributed by atoms with Crippen LogP contribution in [0.4, 0.5) is 4.39 Å². The zero-order chi connectivity index (χ0) is 11.7. The number of benzene rings is 1. The molecule has 2 heterocycles. The van der Waals surface area contributed by atoms with Crippen LogP contribution in [0.3, 0.4) is 0 Å². The van der Waals surface area contributed by atoms with Gasteiger partial charge in [-0.1, -0.05) is 12.1 Å². The van der Waals surface area contributed by atoms with Crippen LogP contribution in [0.25, 0.3) is 10.9 Å². The predicted molar refractivity (Wildman–Crippen MR) is 64.3 cm³/mol. The SMILES string of the molecule is Fc1cccc2c(C3CCNCC3)ncnc12. The molecule has 17 heavy (non-hydrogen) atoms. The fraction of sp³-hybridized carbons (Fsp3) is 0.385. The molecular formula is C13H14FN3. The van der Waals surface area contributed by atoms with Crippen LogP contribution in [0.2, 0.25) is 0 Å². The highest BCUT2D eigenvalue weighted by Gasteiger charge is 2.19. The summed E-state index contributed by atoms with van der Waals surface area (Å²) in [5.74, 6) is 0.156. The largest absolute Gasteiger partial charge is 0.317 e. The van der Waals surface area contributed by atoms with Gasteiger partial charge in [-0.2, -0.15) is 0 Å². The molecule has 0 bridgehead atoms. The quantitative estimate of drug-likeness (QED) is 0.818. The molecule has 0 amide bonds. The lowest BCUT2D eigenvalue weighted by Gasteiger charge is -2.22. The van der Waals surface area contributed by atoms with Crippen LogP contribution in [-0.4, -0.2) is 23.1 Å². The van der Waals surface area contributed by atoms with E-state index >= 15 is 0 Å². The zero-order valence-corrected chi connectivity index (χ0v) is 9.49. The number of nitrogens with zero attached hydrogens (tertiary/aromatic N) is 2. The molecule has 0 atom stereocenters. The van der Waals surface area contributed by atoms with Crippen LogP contribution in [0, 0.1) is 5.82 Å². The monoisotopic (exact) mass is 231 g/mol. The van der Waals surface area contributed by atoms with Crippen molar-refractivity contribution in [1.29, 1.82) is 0 Å². The summed E-state index contributed by atoms with van der Waals surface area (Å²) >= 11 is 0. The van der Waals surface area contributed by atoms with Crippen molar-refractivity contribution in [2.75, 3.05) is 13.1 Å². The molecule has 88 valence electrons. The van der Waals surface area contributed by atoms with E-state index in [9.17, 15) is 4.39 Å². The van der Waals surface area contributed by atoms with Crippen molar-refractivity contribution >= 4 is 10.9 Å². The number of rotatable bonds is 1. The van der Waals surface area contributed by atoms with E-state index in [4.69, 9.17) is 0 Å². The first-order chi connectivity index (χ1) is 8.36. The van der Waals surface area contributed by atoms with E-state index in [1.807, 2.05) is 6.07 Å². The van der Waals surface area contributed by atoms with Gasteiger partial charge in [0.05, 0.1) is 5.69 Å². The first kappa shape index (κ1) is 10.6. The smallest absolute Gasteiger partial charge is 0.149 e. The highest BCUT2D eigenvalue weighted by molar-refractivity contribution is 5.81. The molecule has 0 aliphatic carbocycles. The lowest BCUT2D eigenvalue weighted by Crippen LogP contribution is -2.27. The molecule has 0 radical (unpaired) electrons. The van der Waals surface area contributed by atoms with Crippen molar-refractivity contribution in [3.8, 4) is 0 Å². The van der Waals surface area contributed by atoms with Gasteiger partial charge in [-0.3, -0.25) is 0 Å². The number of hydrogen-bond acceptors (Lipinski definition) is 3. The second-order valence-corrected chi connectivity index (χ2v) is 4.42. The van der Waals surface area contributed by atoms with E-state index in [-0.39, 0.29) is 5.82 Å². The number of piperidine rings is 1. The molecule has 1 aliphatic rings. The van der Waals surface area contributed by atoms with E-state index in [0.29, 0.717) is 11.4 Å². The van der Waals surface area contributed by atoms with Gasteiger partial charge in [-0.05, 0) is 32.0 Å². The van der Waals surface area contributed by atoms with E-state index in [0.717, 1.165) is 37.0 Å². The Labute approximate surface area is 99.1 Å². The normalized spacial score (nSPS) is 17.5. The molecule has 1 aromatic heterocycles. The van der Waals surface area contributed by atoms with Gasteiger partial charge in [0.15, 0.2) is 0 Å². The third kappa shape index (κ3) is 1.89. The van der Waals surface area contributed by atoms with Crippen molar-refractivity contribution in [3.63, 3.8) is 0 Å². The van der Waals surface area contributed by atoms with Gasteiger partial charge in [0.1, 0.15) is 17.7 Å².